The fourth-order valence-corrected chi connectivity index (χ4v) is 1.57. The minimum Gasteiger partial charge on any atom is -0.461 e. The largest absolute Gasteiger partial charge is 0.461 e. The van der Waals surface area contributed by atoms with Gasteiger partial charge in [0.05, 0.1) is 12.8 Å². The van der Waals surface area contributed by atoms with Gasteiger partial charge in [-0.3, -0.25) is 9.36 Å². The lowest BCUT2D eigenvalue weighted by atomic mass is 10.4. The van der Waals surface area contributed by atoms with Gasteiger partial charge in [0, 0.05) is 14.1 Å². The van der Waals surface area contributed by atoms with Crippen LogP contribution in [-0.2, 0) is 11.8 Å². The zero-order valence-corrected chi connectivity index (χ0v) is 10.8. The molecule has 0 aliphatic rings. The maximum atomic E-state index is 12.0. The Morgan fingerprint density at radius 1 is 1.47 bits per heavy atom. The quantitative estimate of drug-likeness (QED) is 0.774. The molecule has 2 heterocycles. The third-order valence-electron chi connectivity index (χ3n) is 2.50. The van der Waals surface area contributed by atoms with Gasteiger partial charge < -0.3 is 10.1 Å². The van der Waals surface area contributed by atoms with Gasteiger partial charge in [0.2, 0.25) is 11.6 Å². The maximum absolute atomic E-state index is 12.0. The SMILES string of the molecule is CCOC(=O)c1nc2cnc(NC)nc2n(C)c1=O. The van der Waals surface area contributed by atoms with Gasteiger partial charge in [0.15, 0.2) is 5.65 Å². The van der Waals surface area contributed by atoms with E-state index in [1.165, 1.54) is 17.8 Å². The summed E-state index contributed by atoms with van der Waals surface area (Å²) in [5, 5.41) is 2.77. The second kappa shape index (κ2) is 5.01. The van der Waals surface area contributed by atoms with Crippen molar-refractivity contribution in [1.82, 2.24) is 19.5 Å². The Labute approximate surface area is 108 Å². The van der Waals surface area contributed by atoms with E-state index >= 15 is 0 Å². The molecule has 0 bridgehead atoms. The van der Waals surface area contributed by atoms with E-state index < -0.39 is 11.5 Å². The summed E-state index contributed by atoms with van der Waals surface area (Å²) in [7, 11) is 3.18. The average molecular weight is 263 g/mol. The molecule has 2 aromatic rings. The number of fused-ring (bicyclic) bond motifs is 1. The topological polar surface area (TPSA) is 99.0 Å². The van der Waals surface area contributed by atoms with E-state index in [-0.39, 0.29) is 12.3 Å². The molecule has 8 heteroatoms. The normalized spacial score (nSPS) is 10.5. The Bertz CT molecular complexity index is 695. The van der Waals surface area contributed by atoms with Gasteiger partial charge in [-0.15, -0.1) is 0 Å². The molecule has 0 aliphatic heterocycles. The van der Waals surface area contributed by atoms with E-state index in [0.717, 1.165) is 0 Å². The number of anilines is 1. The summed E-state index contributed by atoms with van der Waals surface area (Å²) in [4.78, 5) is 35.7. The Kier molecular flexibility index (Phi) is 3.41. The van der Waals surface area contributed by atoms with E-state index in [9.17, 15) is 9.59 Å². The average Bonchev–Trinajstić information content (AvgIpc) is 2.42. The van der Waals surface area contributed by atoms with Crippen LogP contribution in [0.3, 0.4) is 0 Å². The van der Waals surface area contributed by atoms with Gasteiger partial charge in [-0.05, 0) is 6.92 Å². The number of aryl methyl sites for hydroxylation is 1. The van der Waals surface area contributed by atoms with Crippen LogP contribution in [0.5, 0.6) is 0 Å². The molecule has 0 amide bonds. The van der Waals surface area contributed by atoms with Crippen molar-refractivity contribution in [2.75, 3.05) is 19.0 Å². The Hall–Kier alpha value is -2.51. The molecule has 0 atom stereocenters. The summed E-state index contributed by atoms with van der Waals surface area (Å²) >= 11 is 0. The number of hydrogen-bond donors (Lipinski definition) is 1. The first-order valence-electron chi connectivity index (χ1n) is 5.67. The summed E-state index contributed by atoms with van der Waals surface area (Å²) in [5.74, 6) is -0.379. The van der Waals surface area contributed by atoms with Crippen molar-refractivity contribution < 1.29 is 9.53 Å². The highest BCUT2D eigenvalue weighted by molar-refractivity contribution is 5.89. The van der Waals surface area contributed by atoms with E-state index in [2.05, 4.69) is 20.3 Å². The van der Waals surface area contributed by atoms with Crippen LogP contribution >= 0.6 is 0 Å². The van der Waals surface area contributed by atoms with Crippen molar-refractivity contribution in [2.45, 2.75) is 6.92 Å². The Balaban J connectivity index is 2.68. The molecule has 0 spiro atoms. The fourth-order valence-electron chi connectivity index (χ4n) is 1.57. The summed E-state index contributed by atoms with van der Waals surface area (Å²) in [6, 6.07) is 0. The summed E-state index contributed by atoms with van der Waals surface area (Å²) in [5.41, 5.74) is -0.120. The first-order valence-corrected chi connectivity index (χ1v) is 5.67. The number of rotatable bonds is 3. The number of aromatic nitrogens is 4. The predicted molar refractivity (Wildman–Crippen MR) is 68.1 cm³/mol. The molecule has 8 nitrogen and oxygen atoms in total. The van der Waals surface area contributed by atoms with E-state index in [1.807, 2.05) is 0 Å². The van der Waals surface area contributed by atoms with Crippen LogP contribution in [0.1, 0.15) is 17.4 Å². The van der Waals surface area contributed by atoms with Crippen molar-refractivity contribution in [2.24, 2.45) is 7.05 Å². The molecule has 2 rings (SSSR count). The molecule has 0 saturated carbocycles. The minimum absolute atomic E-state index is 0.177. The molecule has 19 heavy (non-hydrogen) atoms. The second-order valence-corrected chi connectivity index (χ2v) is 3.70. The highest BCUT2D eigenvalue weighted by Crippen LogP contribution is 2.08. The van der Waals surface area contributed by atoms with E-state index in [4.69, 9.17) is 4.74 Å². The second-order valence-electron chi connectivity index (χ2n) is 3.70. The predicted octanol–water partition coefficient (Wildman–Crippen LogP) is -0.0581. The molecule has 1 N–H and O–H groups in total. The third-order valence-corrected chi connectivity index (χ3v) is 2.50. The number of carbonyl (C=O) groups is 1. The van der Waals surface area contributed by atoms with Crippen molar-refractivity contribution in [3.63, 3.8) is 0 Å². The molecule has 100 valence electrons. The zero-order valence-electron chi connectivity index (χ0n) is 10.8. The van der Waals surface area contributed by atoms with Gasteiger partial charge in [0.25, 0.3) is 5.56 Å². The van der Waals surface area contributed by atoms with Crippen LogP contribution < -0.4 is 10.9 Å². The van der Waals surface area contributed by atoms with Crippen molar-refractivity contribution >= 4 is 23.1 Å². The monoisotopic (exact) mass is 263 g/mol. The molecule has 0 aromatic carbocycles. The Morgan fingerprint density at radius 3 is 2.84 bits per heavy atom. The number of carbonyl (C=O) groups excluding carboxylic acids is 1. The lowest BCUT2D eigenvalue weighted by Crippen LogP contribution is -2.28. The summed E-state index contributed by atoms with van der Waals surface area (Å²) in [6.07, 6.45) is 1.44. The first-order chi connectivity index (χ1) is 9.08. The van der Waals surface area contributed by atoms with Crippen LogP contribution in [0.15, 0.2) is 11.0 Å². The summed E-state index contributed by atoms with van der Waals surface area (Å²) in [6.45, 7) is 1.84. The standard InChI is InChI=1S/C11H13N5O3/c1-4-19-10(18)7-9(17)16(3)8-6(14-7)5-13-11(12-2)15-8/h5H,4H2,1-3H3,(H,12,13,15). The van der Waals surface area contributed by atoms with Crippen LogP contribution in [0.25, 0.3) is 11.2 Å². The van der Waals surface area contributed by atoms with E-state index in [0.29, 0.717) is 17.1 Å². The molecular weight excluding hydrogens is 250 g/mol. The number of ether oxygens (including phenoxy) is 1. The van der Waals surface area contributed by atoms with Crippen LogP contribution in [0, 0.1) is 0 Å². The van der Waals surface area contributed by atoms with Crippen LogP contribution in [-0.4, -0.2) is 39.1 Å². The molecule has 0 aliphatic carbocycles. The molecule has 0 unspecified atom stereocenters. The van der Waals surface area contributed by atoms with Crippen LogP contribution in [0.4, 0.5) is 5.95 Å². The molecule has 0 radical (unpaired) electrons. The minimum atomic E-state index is -0.748. The van der Waals surface area contributed by atoms with Gasteiger partial charge >= 0.3 is 5.97 Å². The van der Waals surface area contributed by atoms with Gasteiger partial charge in [-0.25, -0.2) is 14.8 Å². The molecule has 0 fully saturated rings. The maximum Gasteiger partial charge on any atom is 0.362 e. The third kappa shape index (κ3) is 2.24. The fraction of sp³-hybridized carbons (Fsp3) is 0.364. The van der Waals surface area contributed by atoms with Crippen molar-refractivity contribution in [3.8, 4) is 0 Å². The number of hydrogen-bond acceptors (Lipinski definition) is 7. The lowest BCUT2D eigenvalue weighted by molar-refractivity contribution is 0.0517. The number of nitrogens with one attached hydrogen (secondary N) is 1. The van der Waals surface area contributed by atoms with Gasteiger partial charge in [0.1, 0.15) is 5.52 Å². The van der Waals surface area contributed by atoms with Gasteiger partial charge in [-0.2, -0.15) is 4.98 Å². The number of esters is 1. The highest BCUT2D eigenvalue weighted by atomic mass is 16.5. The smallest absolute Gasteiger partial charge is 0.362 e. The molecule has 2 aromatic heterocycles. The highest BCUT2D eigenvalue weighted by Gasteiger charge is 2.18. The first kappa shape index (κ1) is 12.9. The number of nitrogens with zero attached hydrogens (tertiary/aromatic N) is 4. The van der Waals surface area contributed by atoms with Crippen molar-refractivity contribution in [3.05, 3.63) is 22.2 Å². The van der Waals surface area contributed by atoms with Gasteiger partial charge in [-0.1, -0.05) is 0 Å². The van der Waals surface area contributed by atoms with Crippen molar-refractivity contribution in [1.29, 1.82) is 0 Å². The zero-order chi connectivity index (χ0) is 14.0. The summed E-state index contributed by atoms with van der Waals surface area (Å²) < 4.78 is 6.04. The van der Waals surface area contributed by atoms with E-state index in [1.54, 1.807) is 14.0 Å². The van der Waals surface area contributed by atoms with Crippen LogP contribution in [0.2, 0.25) is 0 Å². The Morgan fingerprint density at radius 2 is 2.21 bits per heavy atom. The molecular formula is C11H13N5O3. The lowest BCUT2D eigenvalue weighted by Gasteiger charge is -2.07. The molecule has 0 saturated heterocycles.